The zero-order chi connectivity index (χ0) is 13.0. The van der Waals surface area contributed by atoms with Crippen LogP contribution in [0.4, 0.5) is 0 Å². The van der Waals surface area contributed by atoms with Gasteiger partial charge in [-0.15, -0.1) is 0 Å². The Morgan fingerprint density at radius 2 is 2.06 bits per heavy atom. The van der Waals surface area contributed by atoms with E-state index >= 15 is 0 Å². The van der Waals surface area contributed by atoms with Gasteiger partial charge >= 0.3 is 0 Å². The number of nitrogens with two attached hydrogens (primary N) is 1. The SMILES string of the molecule is CC(N)Cc1cnc(Sc2cccc(Br)c2)nc1. The summed E-state index contributed by atoms with van der Waals surface area (Å²) in [5.74, 6) is 0. The van der Waals surface area contributed by atoms with E-state index < -0.39 is 0 Å². The fourth-order valence-electron chi connectivity index (χ4n) is 1.51. The van der Waals surface area contributed by atoms with Crippen LogP contribution in [-0.4, -0.2) is 16.0 Å². The Morgan fingerprint density at radius 1 is 1.33 bits per heavy atom. The molecule has 3 nitrogen and oxygen atoms in total. The Labute approximate surface area is 119 Å². The Balaban J connectivity index is 2.06. The van der Waals surface area contributed by atoms with Crippen LogP contribution in [0.2, 0.25) is 0 Å². The number of hydrogen-bond acceptors (Lipinski definition) is 4. The predicted molar refractivity (Wildman–Crippen MR) is 77.7 cm³/mol. The van der Waals surface area contributed by atoms with Crippen LogP contribution in [0.15, 0.2) is 51.2 Å². The molecular weight excluding hydrogens is 310 g/mol. The topological polar surface area (TPSA) is 51.8 Å². The molecule has 5 heteroatoms. The molecular formula is C13H14BrN3S. The molecule has 1 aromatic heterocycles. The van der Waals surface area contributed by atoms with Gasteiger partial charge in [-0.1, -0.05) is 22.0 Å². The van der Waals surface area contributed by atoms with Crippen molar-refractivity contribution in [3.63, 3.8) is 0 Å². The first kappa shape index (κ1) is 13.5. The van der Waals surface area contributed by atoms with Gasteiger partial charge in [0.1, 0.15) is 0 Å². The van der Waals surface area contributed by atoms with Crippen molar-refractivity contribution in [2.75, 3.05) is 0 Å². The van der Waals surface area contributed by atoms with Gasteiger partial charge in [0, 0.05) is 27.8 Å². The molecule has 0 fully saturated rings. The number of halogens is 1. The summed E-state index contributed by atoms with van der Waals surface area (Å²) < 4.78 is 1.06. The summed E-state index contributed by atoms with van der Waals surface area (Å²) in [5, 5.41) is 0.751. The summed E-state index contributed by atoms with van der Waals surface area (Å²) in [6, 6.07) is 8.21. The van der Waals surface area contributed by atoms with Crippen molar-refractivity contribution in [1.29, 1.82) is 0 Å². The number of rotatable bonds is 4. The maximum atomic E-state index is 5.74. The van der Waals surface area contributed by atoms with Gasteiger partial charge in [-0.25, -0.2) is 9.97 Å². The van der Waals surface area contributed by atoms with E-state index in [1.807, 2.05) is 43.6 Å². The summed E-state index contributed by atoms with van der Waals surface area (Å²) in [4.78, 5) is 9.79. The Kier molecular flexibility index (Phi) is 4.74. The molecule has 0 amide bonds. The number of aromatic nitrogens is 2. The number of nitrogens with zero attached hydrogens (tertiary/aromatic N) is 2. The number of benzene rings is 1. The van der Waals surface area contributed by atoms with E-state index in [4.69, 9.17) is 5.73 Å². The molecule has 1 atom stereocenters. The standard InChI is InChI=1S/C13H14BrN3S/c1-9(15)5-10-7-16-13(17-8-10)18-12-4-2-3-11(14)6-12/h2-4,6-9H,5,15H2,1H3. The summed E-state index contributed by atoms with van der Waals surface area (Å²) in [6.07, 6.45) is 4.50. The van der Waals surface area contributed by atoms with Gasteiger partial charge in [0.2, 0.25) is 0 Å². The molecule has 0 bridgehead atoms. The molecule has 0 radical (unpaired) electrons. The quantitative estimate of drug-likeness (QED) is 0.877. The molecule has 2 N–H and O–H groups in total. The average Bonchev–Trinajstić information content (AvgIpc) is 2.31. The van der Waals surface area contributed by atoms with Crippen LogP contribution in [-0.2, 0) is 6.42 Å². The van der Waals surface area contributed by atoms with E-state index in [1.54, 1.807) is 11.8 Å². The fourth-order valence-corrected chi connectivity index (χ4v) is 2.81. The third kappa shape index (κ3) is 4.08. The Bertz CT molecular complexity index is 514. The summed E-state index contributed by atoms with van der Waals surface area (Å²) in [5.41, 5.74) is 6.81. The van der Waals surface area contributed by atoms with E-state index in [0.717, 1.165) is 26.5 Å². The van der Waals surface area contributed by atoms with E-state index in [0.29, 0.717) is 0 Å². The average molecular weight is 324 g/mol. The van der Waals surface area contributed by atoms with E-state index in [2.05, 4.69) is 25.9 Å². The van der Waals surface area contributed by atoms with Gasteiger partial charge in [0.15, 0.2) is 5.16 Å². The summed E-state index contributed by atoms with van der Waals surface area (Å²) in [6.45, 7) is 1.98. The molecule has 0 aliphatic heterocycles. The molecule has 94 valence electrons. The lowest BCUT2D eigenvalue weighted by Crippen LogP contribution is -2.17. The smallest absolute Gasteiger partial charge is 0.192 e. The summed E-state index contributed by atoms with van der Waals surface area (Å²) in [7, 11) is 0. The molecule has 2 aromatic rings. The number of hydrogen-bond donors (Lipinski definition) is 1. The molecule has 0 saturated carbocycles. The monoisotopic (exact) mass is 323 g/mol. The first-order valence-corrected chi connectivity index (χ1v) is 7.24. The predicted octanol–water partition coefficient (Wildman–Crippen LogP) is 3.28. The first-order chi connectivity index (χ1) is 8.63. The lowest BCUT2D eigenvalue weighted by molar-refractivity contribution is 0.727. The normalized spacial score (nSPS) is 12.4. The van der Waals surface area contributed by atoms with Crippen molar-refractivity contribution in [2.24, 2.45) is 5.73 Å². The third-order valence-electron chi connectivity index (χ3n) is 2.24. The second-order valence-electron chi connectivity index (χ2n) is 4.11. The zero-order valence-electron chi connectivity index (χ0n) is 10.0. The van der Waals surface area contributed by atoms with Crippen LogP contribution in [0, 0.1) is 0 Å². The lowest BCUT2D eigenvalue weighted by atomic mass is 10.1. The minimum Gasteiger partial charge on any atom is -0.328 e. The van der Waals surface area contributed by atoms with Crippen LogP contribution in [0.25, 0.3) is 0 Å². The molecule has 0 aliphatic rings. The van der Waals surface area contributed by atoms with E-state index in [9.17, 15) is 0 Å². The van der Waals surface area contributed by atoms with Gasteiger partial charge in [-0.3, -0.25) is 0 Å². The summed E-state index contributed by atoms with van der Waals surface area (Å²) >= 11 is 4.99. The molecule has 2 rings (SSSR count). The van der Waals surface area contributed by atoms with Crippen LogP contribution in [0.3, 0.4) is 0 Å². The zero-order valence-corrected chi connectivity index (χ0v) is 12.4. The van der Waals surface area contributed by atoms with Crippen LogP contribution >= 0.6 is 27.7 Å². The molecule has 0 saturated heterocycles. The Hall–Kier alpha value is -0.910. The second kappa shape index (κ2) is 6.31. The van der Waals surface area contributed by atoms with E-state index in [-0.39, 0.29) is 6.04 Å². The maximum absolute atomic E-state index is 5.74. The molecule has 0 aliphatic carbocycles. The van der Waals surface area contributed by atoms with Crippen molar-refractivity contribution in [1.82, 2.24) is 9.97 Å². The lowest BCUT2D eigenvalue weighted by Gasteiger charge is -2.05. The van der Waals surface area contributed by atoms with Crippen molar-refractivity contribution in [3.05, 3.63) is 46.7 Å². The largest absolute Gasteiger partial charge is 0.328 e. The molecule has 1 heterocycles. The highest BCUT2D eigenvalue weighted by Gasteiger charge is 2.03. The van der Waals surface area contributed by atoms with Gasteiger partial charge in [-0.05, 0) is 48.9 Å². The second-order valence-corrected chi connectivity index (χ2v) is 6.07. The highest BCUT2D eigenvalue weighted by Crippen LogP contribution is 2.26. The maximum Gasteiger partial charge on any atom is 0.192 e. The molecule has 0 spiro atoms. The highest BCUT2D eigenvalue weighted by atomic mass is 79.9. The Morgan fingerprint density at radius 3 is 2.67 bits per heavy atom. The molecule has 18 heavy (non-hydrogen) atoms. The van der Waals surface area contributed by atoms with Crippen LogP contribution < -0.4 is 5.73 Å². The van der Waals surface area contributed by atoms with Crippen LogP contribution in [0.1, 0.15) is 12.5 Å². The molecule has 1 aromatic carbocycles. The first-order valence-electron chi connectivity index (χ1n) is 5.63. The van der Waals surface area contributed by atoms with Gasteiger partial charge in [0.25, 0.3) is 0 Å². The van der Waals surface area contributed by atoms with Crippen molar-refractivity contribution >= 4 is 27.7 Å². The van der Waals surface area contributed by atoms with Crippen molar-refractivity contribution in [3.8, 4) is 0 Å². The van der Waals surface area contributed by atoms with Gasteiger partial charge in [0.05, 0.1) is 0 Å². The highest BCUT2D eigenvalue weighted by molar-refractivity contribution is 9.10. The van der Waals surface area contributed by atoms with Crippen molar-refractivity contribution < 1.29 is 0 Å². The van der Waals surface area contributed by atoms with Gasteiger partial charge in [-0.2, -0.15) is 0 Å². The third-order valence-corrected chi connectivity index (χ3v) is 3.62. The van der Waals surface area contributed by atoms with E-state index in [1.165, 1.54) is 0 Å². The minimum atomic E-state index is 0.136. The van der Waals surface area contributed by atoms with Gasteiger partial charge < -0.3 is 5.73 Å². The molecule has 1 unspecified atom stereocenters. The fraction of sp³-hybridized carbons (Fsp3) is 0.231. The van der Waals surface area contributed by atoms with Crippen LogP contribution in [0.5, 0.6) is 0 Å². The minimum absolute atomic E-state index is 0.136. The van der Waals surface area contributed by atoms with Crippen molar-refractivity contribution in [2.45, 2.75) is 29.4 Å².